The summed E-state index contributed by atoms with van der Waals surface area (Å²) in [5, 5.41) is 9.69. The molecule has 0 bridgehead atoms. The van der Waals surface area contributed by atoms with Gasteiger partial charge in [-0.3, -0.25) is 4.90 Å². The van der Waals surface area contributed by atoms with Crippen LogP contribution >= 0.6 is 0 Å². The molecule has 1 atom stereocenters. The van der Waals surface area contributed by atoms with Crippen molar-refractivity contribution in [3.63, 3.8) is 0 Å². The standard InChI is InChI=1S/C15H29NO2/c1-7-8-18-13-9-14(3,4)16(11-12(2)17)15(5,6)10-13/h7,12-13,17H,1,8-11H2,2-6H3. The summed E-state index contributed by atoms with van der Waals surface area (Å²) < 4.78 is 5.85. The quantitative estimate of drug-likeness (QED) is 0.767. The molecule has 0 amide bonds. The summed E-state index contributed by atoms with van der Waals surface area (Å²) in [7, 11) is 0. The zero-order chi connectivity index (χ0) is 14.0. The second-order valence-corrected chi connectivity index (χ2v) is 6.74. The van der Waals surface area contributed by atoms with Gasteiger partial charge in [0.1, 0.15) is 0 Å². The van der Waals surface area contributed by atoms with Crippen molar-refractivity contribution in [3.8, 4) is 0 Å². The monoisotopic (exact) mass is 255 g/mol. The fraction of sp³-hybridized carbons (Fsp3) is 0.867. The molecule has 0 aromatic carbocycles. The van der Waals surface area contributed by atoms with E-state index < -0.39 is 0 Å². The molecular weight excluding hydrogens is 226 g/mol. The molecule has 0 radical (unpaired) electrons. The van der Waals surface area contributed by atoms with Crippen LogP contribution in [0.2, 0.25) is 0 Å². The van der Waals surface area contributed by atoms with Crippen LogP contribution in [0.1, 0.15) is 47.5 Å². The van der Waals surface area contributed by atoms with Crippen molar-refractivity contribution in [1.82, 2.24) is 4.90 Å². The molecule has 0 aromatic heterocycles. The van der Waals surface area contributed by atoms with Crippen molar-refractivity contribution in [3.05, 3.63) is 12.7 Å². The number of hydrogen-bond donors (Lipinski definition) is 1. The second-order valence-electron chi connectivity index (χ2n) is 6.74. The SMILES string of the molecule is C=CCOC1CC(C)(C)N(CC(C)O)C(C)(C)C1. The van der Waals surface area contributed by atoms with Crippen molar-refractivity contribution in [2.24, 2.45) is 0 Å². The first kappa shape index (κ1) is 15.7. The third kappa shape index (κ3) is 3.81. The van der Waals surface area contributed by atoms with E-state index >= 15 is 0 Å². The summed E-state index contributed by atoms with van der Waals surface area (Å²) in [5.41, 5.74) is 0.0924. The molecule has 1 fully saturated rings. The molecule has 3 heteroatoms. The van der Waals surface area contributed by atoms with E-state index in [1.807, 2.05) is 13.0 Å². The highest BCUT2D eigenvalue weighted by Crippen LogP contribution is 2.39. The minimum Gasteiger partial charge on any atom is -0.392 e. The molecule has 0 aliphatic carbocycles. The van der Waals surface area contributed by atoms with Gasteiger partial charge in [-0.25, -0.2) is 0 Å². The van der Waals surface area contributed by atoms with Crippen LogP contribution in [-0.2, 0) is 4.74 Å². The molecule has 3 nitrogen and oxygen atoms in total. The maximum absolute atomic E-state index is 9.69. The summed E-state index contributed by atoms with van der Waals surface area (Å²) in [6.07, 6.45) is 3.78. The van der Waals surface area contributed by atoms with Crippen molar-refractivity contribution >= 4 is 0 Å². The van der Waals surface area contributed by atoms with Crippen LogP contribution in [0, 0.1) is 0 Å². The first-order chi connectivity index (χ1) is 8.19. The maximum atomic E-state index is 9.69. The molecule has 0 spiro atoms. The van der Waals surface area contributed by atoms with Gasteiger partial charge in [-0.2, -0.15) is 0 Å². The summed E-state index contributed by atoms with van der Waals surface area (Å²) in [5.74, 6) is 0. The zero-order valence-corrected chi connectivity index (χ0v) is 12.6. The molecular formula is C15H29NO2. The number of β-amino-alcohol motifs (C(OH)–C–C–N with tert-alkyl or cyclic N) is 1. The Labute approximate surface area is 112 Å². The Morgan fingerprint density at radius 2 is 1.83 bits per heavy atom. The fourth-order valence-electron chi connectivity index (χ4n) is 3.31. The van der Waals surface area contributed by atoms with E-state index in [2.05, 4.69) is 39.2 Å². The van der Waals surface area contributed by atoms with Crippen LogP contribution in [0.3, 0.4) is 0 Å². The Kier molecular flexibility index (Phi) is 4.98. The lowest BCUT2D eigenvalue weighted by molar-refractivity contribution is -0.110. The van der Waals surface area contributed by atoms with Gasteiger partial charge in [0.25, 0.3) is 0 Å². The van der Waals surface area contributed by atoms with Gasteiger partial charge >= 0.3 is 0 Å². The van der Waals surface area contributed by atoms with Crippen molar-refractivity contribution in [1.29, 1.82) is 0 Å². The van der Waals surface area contributed by atoms with E-state index in [0.717, 1.165) is 12.8 Å². The Morgan fingerprint density at radius 3 is 2.22 bits per heavy atom. The number of likely N-dealkylation sites (tertiary alicyclic amines) is 1. The predicted molar refractivity (Wildman–Crippen MR) is 75.7 cm³/mol. The number of piperidine rings is 1. The van der Waals surface area contributed by atoms with Gasteiger partial charge in [0.05, 0.1) is 18.8 Å². The summed E-state index contributed by atoms with van der Waals surface area (Å²) in [4.78, 5) is 2.42. The first-order valence-corrected chi connectivity index (χ1v) is 6.87. The molecule has 1 N–H and O–H groups in total. The number of nitrogens with zero attached hydrogens (tertiary/aromatic N) is 1. The fourth-order valence-corrected chi connectivity index (χ4v) is 3.31. The van der Waals surface area contributed by atoms with E-state index in [1.54, 1.807) is 0 Å². The smallest absolute Gasteiger partial charge is 0.0648 e. The van der Waals surface area contributed by atoms with Crippen molar-refractivity contribution in [2.75, 3.05) is 13.2 Å². The van der Waals surface area contributed by atoms with Crippen LogP contribution in [0.25, 0.3) is 0 Å². The second kappa shape index (κ2) is 5.72. The highest BCUT2D eigenvalue weighted by atomic mass is 16.5. The Balaban J connectivity index is 2.80. The topological polar surface area (TPSA) is 32.7 Å². The molecule has 1 rings (SSSR count). The van der Waals surface area contributed by atoms with Gasteiger partial charge in [-0.1, -0.05) is 6.08 Å². The van der Waals surface area contributed by atoms with Gasteiger partial charge in [-0.05, 0) is 47.5 Å². The summed E-state index contributed by atoms with van der Waals surface area (Å²) in [6.45, 7) is 15.8. The van der Waals surface area contributed by atoms with E-state index in [9.17, 15) is 5.11 Å². The van der Waals surface area contributed by atoms with Gasteiger partial charge in [0, 0.05) is 17.6 Å². The molecule has 18 heavy (non-hydrogen) atoms. The molecule has 106 valence electrons. The van der Waals surface area contributed by atoms with Crippen molar-refractivity contribution < 1.29 is 9.84 Å². The molecule has 1 heterocycles. The zero-order valence-electron chi connectivity index (χ0n) is 12.6. The minimum absolute atomic E-state index is 0.0462. The van der Waals surface area contributed by atoms with Gasteiger partial charge in [0.15, 0.2) is 0 Å². The van der Waals surface area contributed by atoms with Crippen LogP contribution in [0.15, 0.2) is 12.7 Å². The van der Waals surface area contributed by atoms with Crippen molar-refractivity contribution in [2.45, 2.75) is 70.7 Å². The lowest BCUT2D eigenvalue weighted by Gasteiger charge is -2.55. The summed E-state index contributed by atoms with van der Waals surface area (Å²) in [6, 6.07) is 0. The number of aliphatic hydroxyl groups is 1. The van der Waals surface area contributed by atoms with Gasteiger partial charge in [-0.15, -0.1) is 6.58 Å². The lowest BCUT2D eigenvalue weighted by Crippen LogP contribution is -2.63. The molecule has 1 saturated heterocycles. The average molecular weight is 255 g/mol. The largest absolute Gasteiger partial charge is 0.392 e. The maximum Gasteiger partial charge on any atom is 0.0648 e. The average Bonchev–Trinajstić information content (AvgIpc) is 2.19. The number of rotatable bonds is 5. The van der Waals surface area contributed by atoms with E-state index in [-0.39, 0.29) is 23.3 Å². The van der Waals surface area contributed by atoms with Gasteiger partial charge < -0.3 is 9.84 Å². The molecule has 1 aliphatic rings. The minimum atomic E-state index is -0.297. The lowest BCUT2D eigenvalue weighted by atomic mass is 9.78. The van der Waals surface area contributed by atoms with Crippen LogP contribution in [0.5, 0.6) is 0 Å². The Hall–Kier alpha value is -0.380. The third-order valence-corrected chi connectivity index (χ3v) is 3.81. The molecule has 1 aliphatic heterocycles. The Bertz CT molecular complexity index is 266. The van der Waals surface area contributed by atoms with Crippen LogP contribution in [-0.4, -0.2) is 46.4 Å². The van der Waals surface area contributed by atoms with E-state index in [1.165, 1.54) is 0 Å². The predicted octanol–water partition coefficient (Wildman–Crippen LogP) is 2.59. The molecule has 0 aromatic rings. The van der Waals surface area contributed by atoms with Crippen LogP contribution in [0.4, 0.5) is 0 Å². The van der Waals surface area contributed by atoms with E-state index in [0.29, 0.717) is 13.2 Å². The normalized spacial score (nSPS) is 25.9. The number of aliphatic hydroxyl groups excluding tert-OH is 1. The van der Waals surface area contributed by atoms with E-state index in [4.69, 9.17) is 4.74 Å². The molecule has 0 saturated carbocycles. The van der Waals surface area contributed by atoms with Gasteiger partial charge in [0.2, 0.25) is 0 Å². The third-order valence-electron chi connectivity index (χ3n) is 3.81. The summed E-state index contributed by atoms with van der Waals surface area (Å²) >= 11 is 0. The highest BCUT2D eigenvalue weighted by Gasteiger charge is 2.45. The molecule has 1 unspecified atom stereocenters. The number of ether oxygens (including phenoxy) is 1. The highest BCUT2D eigenvalue weighted by molar-refractivity contribution is 5.01. The first-order valence-electron chi connectivity index (χ1n) is 6.87. The number of hydrogen-bond acceptors (Lipinski definition) is 3. The van der Waals surface area contributed by atoms with Crippen LogP contribution < -0.4 is 0 Å². The Morgan fingerprint density at radius 1 is 1.33 bits per heavy atom.